The molecule has 0 radical (unpaired) electrons. The molecule has 0 aromatic carbocycles. The smallest absolute Gasteiger partial charge is 0.0640 e. The van der Waals surface area contributed by atoms with Crippen molar-refractivity contribution >= 4 is 0 Å². The molecule has 1 unspecified atom stereocenters. The highest BCUT2D eigenvalue weighted by atomic mass is 15.3. The summed E-state index contributed by atoms with van der Waals surface area (Å²) in [5, 5.41) is 4.81. The predicted octanol–water partition coefficient (Wildman–Crippen LogP) is 4.47. The van der Waals surface area contributed by atoms with Crippen molar-refractivity contribution < 1.29 is 0 Å². The minimum atomic E-state index is 0.264. The van der Waals surface area contributed by atoms with E-state index in [9.17, 15) is 0 Å². The van der Waals surface area contributed by atoms with Crippen molar-refractivity contribution in [2.75, 3.05) is 0 Å². The molecule has 3 heteroatoms. The number of hydrogen-bond acceptors (Lipinski definition) is 2. The van der Waals surface area contributed by atoms with E-state index in [1.165, 1.54) is 63.5 Å². The van der Waals surface area contributed by atoms with Gasteiger partial charge in [0.05, 0.1) is 11.7 Å². The minimum Gasteiger partial charge on any atom is -0.327 e. The topological polar surface area (TPSA) is 43.8 Å². The molecule has 0 bridgehead atoms. The first kappa shape index (κ1) is 16.5. The van der Waals surface area contributed by atoms with Crippen molar-refractivity contribution in [3.05, 3.63) is 18.0 Å². The summed E-state index contributed by atoms with van der Waals surface area (Å²) in [6, 6.07) is 3.08. The van der Waals surface area contributed by atoms with Crippen molar-refractivity contribution in [2.45, 2.75) is 90.1 Å². The zero-order chi connectivity index (χ0) is 15.1. The fraction of sp³-hybridized carbons (Fsp3) is 0.833. The Morgan fingerprint density at radius 1 is 1.19 bits per heavy atom. The Morgan fingerprint density at radius 2 is 1.86 bits per heavy atom. The van der Waals surface area contributed by atoms with Crippen LogP contribution in [0.1, 0.15) is 83.4 Å². The first-order chi connectivity index (χ1) is 10.2. The molecular formula is C18H33N3. The average molecular weight is 291 g/mol. The summed E-state index contributed by atoms with van der Waals surface area (Å²) in [5.74, 6) is 0.653. The van der Waals surface area contributed by atoms with Gasteiger partial charge in [-0.15, -0.1) is 0 Å². The number of nitrogens with two attached hydrogens (primary N) is 1. The van der Waals surface area contributed by atoms with Crippen molar-refractivity contribution in [1.82, 2.24) is 9.78 Å². The van der Waals surface area contributed by atoms with E-state index in [0.29, 0.717) is 12.0 Å². The van der Waals surface area contributed by atoms with E-state index in [0.717, 1.165) is 6.42 Å². The Kier molecular flexibility index (Phi) is 6.75. The van der Waals surface area contributed by atoms with Crippen molar-refractivity contribution in [2.24, 2.45) is 11.7 Å². The number of aromatic nitrogens is 2. The summed E-state index contributed by atoms with van der Waals surface area (Å²) in [5.41, 5.74) is 7.65. The van der Waals surface area contributed by atoms with Gasteiger partial charge in [-0.3, -0.25) is 4.68 Å². The van der Waals surface area contributed by atoms with Gasteiger partial charge in [-0.25, -0.2) is 0 Å². The van der Waals surface area contributed by atoms with Crippen LogP contribution in [0, 0.1) is 5.92 Å². The molecule has 0 amide bonds. The van der Waals surface area contributed by atoms with Gasteiger partial charge in [0.15, 0.2) is 0 Å². The molecule has 0 spiro atoms. The molecule has 1 aromatic rings. The van der Waals surface area contributed by atoms with Crippen molar-refractivity contribution in [3.63, 3.8) is 0 Å². The molecule has 21 heavy (non-hydrogen) atoms. The highest BCUT2D eigenvalue weighted by molar-refractivity contribution is 5.03. The van der Waals surface area contributed by atoms with Gasteiger partial charge < -0.3 is 5.73 Å². The van der Waals surface area contributed by atoms with Crippen LogP contribution in [0.2, 0.25) is 0 Å². The Morgan fingerprint density at radius 3 is 2.48 bits per heavy atom. The van der Waals surface area contributed by atoms with Crippen LogP contribution in [0.4, 0.5) is 0 Å². The lowest BCUT2D eigenvalue weighted by Gasteiger charge is -2.23. The van der Waals surface area contributed by atoms with E-state index >= 15 is 0 Å². The first-order valence-corrected chi connectivity index (χ1v) is 9.04. The van der Waals surface area contributed by atoms with E-state index in [1.807, 2.05) is 0 Å². The summed E-state index contributed by atoms with van der Waals surface area (Å²) in [6.07, 6.45) is 14.8. The van der Waals surface area contributed by atoms with Crippen molar-refractivity contribution in [1.29, 1.82) is 0 Å². The van der Waals surface area contributed by atoms with Gasteiger partial charge >= 0.3 is 0 Å². The van der Waals surface area contributed by atoms with Crippen LogP contribution in [-0.2, 0) is 6.42 Å². The zero-order valence-electron chi connectivity index (χ0n) is 13.9. The van der Waals surface area contributed by atoms with Gasteiger partial charge in [0.25, 0.3) is 0 Å². The maximum absolute atomic E-state index is 6.46. The molecular weight excluding hydrogens is 258 g/mol. The second kappa shape index (κ2) is 8.57. The van der Waals surface area contributed by atoms with E-state index < -0.39 is 0 Å². The summed E-state index contributed by atoms with van der Waals surface area (Å²) in [7, 11) is 0. The van der Waals surface area contributed by atoms with E-state index in [1.54, 1.807) is 0 Å². The summed E-state index contributed by atoms with van der Waals surface area (Å²) < 4.78 is 2.20. The largest absolute Gasteiger partial charge is 0.327 e. The van der Waals surface area contributed by atoms with Crippen molar-refractivity contribution in [3.8, 4) is 0 Å². The minimum absolute atomic E-state index is 0.264. The Bertz CT molecular complexity index is 387. The van der Waals surface area contributed by atoms with Crippen LogP contribution >= 0.6 is 0 Å². The molecule has 1 aliphatic rings. The third kappa shape index (κ3) is 4.84. The lowest BCUT2D eigenvalue weighted by Crippen LogP contribution is -2.32. The molecule has 0 saturated heterocycles. The third-order valence-corrected chi connectivity index (χ3v) is 4.98. The molecule has 3 nitrogen and oxygen atoms in total. The predicted molar refractivity (Wildman–Crippen MR) is 89.3 cm³/mol. The lowest BCUT2D eigenvalue weighted by molar-refractivity contribution is 0.324. The fourth-order valence-corrected chi connectivity index (χ4v) is 3.76. The number of nitrogens with zero attached hydrogens (tertiary/aromatic N) is 2. The number of hydrogen-bond donors (Lipinski definition) is 1. The zero-order valence-corrected chi connectivity index (χ0v) is 13.9. The Hall–Kier alpha value is -0.830. The molecule has 2 N–H and O–H groups in total. The Balaban J connectivity index is 1.91. The lowest BCUT2D eigenvalue weighted by atomic mass is 9.88. The van der Waals surface area contributed by atoms with Crippen LogP contribution in [0.5, 0.6) is 0 Å². The quantitative estimate of drug-likeness (QED) is 0.767. The molecule has 1 fully saturated rings. The molecule has 1 aromatic heterocycles. The highest BCUT2D eigenvalue weighted by Gasteiger charge is 2.19. The monoisotopic (exact) mass is 291 g/mol. The number of rotatable bonds is 8. The molecule has 1 heterocycles. The van der Waals surface area contributed by atoms with Crippen LogP contribution in [0.25, 0.3) is 0 Å². The maximum Gasteiger partial charge on any atom is 0.0640 e. The average Bonchev–Trinajstić information content (AvgIpc) is 2.96. The molecule has 0 aliphatic heterocycles. The van der Waals surface area contributed by atoms with Gasteiger partial charge in [0.2, 0.25) is 0 Å². The van der Waals surface area contributed by atoms with Gasteiger partial charge in [-0.2, -0.15) is 5.10 Å². The first-order valence-electron chi connectivity index (χ1n) is 9.04. The molecule has 120 valence electrons. The van der Waals surface area contributed by atoms with Gasteiger partial charge in [-0.05, 0) is 37.7 Å². The second-order valence-electron chi connectivity index (χ2n) is 6.78. The maximum atomic E-state index is 6.46. The molecule has 1 aliphatic carbocycles. The van der Waals surface area contributed by atoms with Gasteiger partial charge in [0, 0.05) is 18.7 Å². The summed E-state index contributed by atoms with van der Waals surface area (Å²) in [4.78, 5) is 0. The summed E-state index contributed by atoms with van der Waals surface area (Å²) >= 11 is 0. The van der Waals surface area contributed by atoms with E-state index in [2.05, 4.69) is 30.8 Å². The van der Waals surface area contributed by atoms with E-state index in [-0.39, 0.29) is 6.04 Å². The highest BCUT2D eigenvalue weighted by Crippen LogP contribution is 2.27. The fourth-order valence-electron chi connectivity index (χ4n) is 3.76. The third-order valence-electron chi connectivity index (χ3n) is 4.98. The van der Waals surface area contributed by atoms with Gasteiger partial charge in [0.1, 0.15) is 0 Å². The summed E-state index contributed by atoms with van der Waals surface area (Å²) in [6.45, 7) is 4.51. The van der Waals surface area contributed by atoms with Crippen LogP contribution in [0.3, 0.4) is 0 Å². The van der Waals surface area contributed by atoms with Crippen LogP contribution in [-0.4, -0.2) is 15.8 Å². The SMILES string of the molecule is CCCC(CCC)C(N)Cc1ccn(C2CCCCC2)n1. The second-order valence-corrected chi connectivity index (χ2v) is 6.78. The van der Waals surface area contributed by atoms with Crippen LogP contribution < -0.4 is 5.73 Å². The van der Waals surface area contributed by atoms with Gasteiger partial charge in [-0.1, -0.05) is 46.0 Å². The normalized spacial score (nSPS) is 18.3. The molecule has 1 atom stereocenters. The Labute approximate surface area is 130 Å². The standard InChI is InChI=1S/C18H33N3/c1-3-8-15(9-4-2)18(19)14-16-12-13-21(20-16)17-10-6-5-7-11-17/h12-13,15,17-18H,3-11,14,19H2,1-2H3. The van der Waals surface area contributed by atoms with E-state index in [4.69, 9.17) is 10.8 Å². The van der Waals surface area contributed by atoms with Crippen LogP contribution in [0.15, 0.2) is 12.3 Å². The molecule has 2 rings (SSSR count). The molecule has 1 saturated carbocycles.